The zero-order chi connectivity index (χ0) is 15.3. The lowest BCUT2D eigenvalue weighted by molar-refractivity contribution is 0.315. The molecule has 0 bridgehead atoms. The van der Waals surface area contributed by atoms with Gasteiger partial charge >= 0.3 is 0 Å². The van der Waals surface area contributed by atoms with Gasteiger partial charge in [0.15, 0.2) is 0 Å². The van der Waals surface area contributed by atoms with E-state index in [1.165, 1.54) is 12.3 Å². The van der Waals surface area contributed by atoms with Gasteiger partial charge in [-0.1, -0.05) is 6.92 Å². The Morgan fingerprint density at radius 3 is 2.71 bits per heavy atom. The Labute approximate surface area is 125 Å². The van der Waals surface area contributed by atoms with E-state index in [-0.39, 0.29) is 4.90 Å². The maximum Gasteiger partial charge on any atom is 0.261 e. The number of hydrogen-bond acceptors (Lipinski definition) is 4. The maximum atomic E-state index is 12.3. The highest BCUT2D eigenvalue weighted by atomic mass is 32.2. The summed E-state index contributed by atoms with van der Waals surface area (Å²) in [6.07, 6.45) is 3.95. The van der Waals surface area contributed by atoms with Crippen molar-refractivity contribution >= 4 is 15.7 Å². The van der Waals surface area contributed by atoms with E-state index < -0.39 is 10.0 Å². The van der Waals surface area contributed by atoms with Crippen molar-refractivity contribution in [2.45, 2.75) is 25.2 Å². The zero-order valence-electron chi connectivity index (χ0n) is 12.0. The number of aryl methyl sites for hydroxylation is 1. The third kappa shape index (κ3) is 3.95. The fourth-order valence-corrected chi connectivity index (χ4v) is 2.93. The smallest absolute Gasteiger partial charge is 0.261 e. The Bertz CT molecular complexity index is 700. The third-order valence-electron chi connectivity index (χ3n) is 2.83. The van der Waals surface area contributed by atoms with Gasteiger partial charge in [-0.15, -0.1) is 0 Å². The van der Waals surface area contributed by atoms with Crippen LogP contribution in [0.5, 0.6) is 5.75 Å². The normalized spacial score (nSPS) is 11.1. The molecule has 5 nitrogen and oxygen atoms in total. The average molecular weight is 306 g/mol. The van der Waals surface area contributed by atoms with Crippen LogP contribution in [0.2, 0.25) is 0 Å². The Balaban J connectivity index is 2.22. The van der Waals surface area contributed by atoms with E-state index in [0.717, 1.165) is 12.0 Å². The van der Waals surface area contributed by atoms with Crippen LogP contribution in [0, 0.1) is 6.92 Å². The number of benzene rings is 1. The summed E-state index contributed by atoms with van der Waals surface area (Å²) < 4.78 is 32.6. The molecule has 0 atom stereocenters. The van der Waals surface area contributed by atoms with Crippen molar-refractivity contribution < 1.29 is 13.2 Å². The van der Waals surface area contributed by atoms with Crippen LogP contribution in [0.25, 0.3) is 0 Å². The van der Waals surface area contributed by atoms with Gasteiger partial charge < -0.3 is 4.74 Å². The first-order valence-corrected chi connectivity index (χ1v) is 8.17. The highest BCUT2D eigenvalue weighted by Gasteiger charge is 2.15. The van der Waals surface area contributed by atoms with Gasteiger partial charge in [-0.2, -0.15) is 0 Å². The molecule has 0 spiro atoms. The molecule has 2 rings (SSSR count). The van der Waals surface area contributed by atoms with Gasteiger partial charge in [-0.3, -0.25) is 9.71 Å². The lowest BCUT2D eigenvalue weighted by Crippen LogP contribution is -2.13. The largest absolute Gasteiger partial charge is 0.493 e. The van der Waals surface area contributed by atoms with Crippen LogP contribution in [-0.2, 0) is 10.0 Å². The fraction of sp³-hybridized carbons (Fsp3) is 0.267. The molecule has 6 heteroatoms. The van der Waals surface area contributed by atoms with Crippen LogP contribution in [-0.4, -0.2) is 20.0 Å². The minimum Gasteiger partial charge on any atom is -0.493 e. The van der Waals surface area contributed by atoms with Gasteiger partial charge in [0, 0.05) is 6.20 Å². The second-order valence-electron chi connectivity index (χ2n) is 4.62. The van der Waals surface area contributed by atoms with Crippen LogP contribution in [0.4, 0.5) is 5.69 Å². The van der Waals surface area contributed by atoms with E-state index >= 15 is 0 Å². The Morgan fingerprint density at radius 2 is 2.10 bits per heavy atom. The van der Waals surface area contributed by atoms with E-state index in [0.29, 0.717) is 18.0 Å². The topological polar surface area (TPSA) is 68.3 Å². The highest BCUT2D eigenvalue weighted by molar-refractivity contribution is 7.92. The molecule has 2 aromatic rings. The molecule has 0 fully saturated rings. The quantitative estimate of drug-likeness (QED) is 0.891. The summed E-state index contributed by atoms with van der Waals surface area (Å²) in [4.78, 5) is 4.08. The molecule has 0 radical (unpaired) electrons. The third-order valence-corrected chi connectivity index (χ3v) is 4.21. The molecule has 0 unspecified atom stereocenters. The number of anilines is 1. The van der Waals surface area contributed by atoms with E-state index in [2.05, 4.69) is 9.71 Å². The van der Waals surface area contributed by atoms with Crippen molar-refractivity contribution in [3.8, 4) is 5.75 Å². The highest BCUT2D eigenvalue weighted by Crippen LogP contribution is 2.23. The van der Waals surface area contributed by atoms with Gasteiger partial charge in [-0.25, -0.2) is 8.42 Å². The van der Waals surface area contributed by atoms with Gasteiger partial charge in [0.05, 0.1) is 23.4 Å². The van der Waals surface area contributed by atoms with E-state index in [4.69, 9.17) is 4.74 Å². The lowest BCUT2D eigenvalue weighted by Gasteiger charge is -2.11. The number of sulfonamides is 1. The SMILES string of the molecule is CCCOc1ccc(S(=O)(=O)Nc2cccnc2)cc1C. The van der Waals surface area contributed by atoms with Crippen LogP contribution in [0.15, 0.2) is 47.6 Å². The molecule has 21 heavy (non-hydrogen) atoms. The summed E-state index contributed by atoms with van der Waals surface area (Å²) >= 11 is 0. The fourth-order valence-electron chi connectivity index (χ4n) is 1.80. The Hall–Kier alpha value is -2.08. The van der Waals surface area contributed by atoms with Crippen molar-refractivity contribution in [2.24, 2.45) is 0 Å². The summed E-state index contributed by atoms with van der Waals surface area (Å²) in [6.45, 7) is 4.46. The second kappa shape index (κ2) is 6.58. The predicted octanol–water partition coefficient (Wildman–Crippen LogP) is 2.98. The number of nitrogens with one attached hydrogen (secondary N) is 1. The minimum atomic E-state index is -3.62. The standard InChI is InChI=1S/C15H18N2O3S/c1-3-9-20-15-7-6-14(10-12(15)2)21(18,19)17-13-5-4-8-16-11-13/h4-8,10-11,17H,3,9H2,1-2H3. The number of nitrogens with zero attached hydrogens (tertiary/aromatic N) is 1. The molecule has 0 amide bonds. The van der Waals surface area contributed by atoms with Crippen LogP contribution >= 0.6 is 0 Å². The van der Waals surface area contributed by atoms with Crippen molar-refractivity contribution in [3.63, 3.8) is 0 Å². The molecule has 1 N–H and O–H groups in total. The number of aromatic nitrogens is 1. The monoisotopic (exact) mass is 306 g/mol. The first-order chi connectivity index (χ1) is 10.0. The number of ether oxygens (including phenoxy) is 1. The molecular weight excluding hydrogens is 288 g/mol. The second-order valence-corrected chi connectivity index (χ2v) is 6.31. The van der Waals surface area contributed by atoms with Crippen LogP contribution < -0.4 is 9.46 Å². The van der Waals surface area contributed by atoms with Crippen molar-refractivity contribution in [1.82, 2.24) is 4.98 Å². The molecule has 0 aliphatic heterocycles. The van der Waals surface area contributed by atoms with Gasteiger partial charge in [0.2, 0.25) is 0 Å². The van der Waals surface area contributed by atoms with E-state index in [9.17, 15) is 8.42 Å². The predicted molar refractivity (Wildman–Crippen MR) is 82.0 cm³/mol. The number of hydrogen-bond donors (Lipinski definition) is 1. The summed E-state index contributed by atoms with van der Waals surface area (Å²) in [5.74, 6) is 0.706. The van der Waals surface area contributed by atoms with Crippen LogP contribution in [0.1, 0.15) is 18.9 Å². The summed E-state index contributed by atoms with van der Waals surface area (Å²) in [7, 11) is -3.62. The van der Waals surface area contributed by atoms with E-state index in [1.54, 1.807) is 30.5 Å². The van der Waals surface area contributed by atoms with Crippen molar-refractivity contribution in [2.75, 3.05) is 11.3 Å². The zero-order valence-corrected chi connectivity index (χ0v) is 12.9. The van der Waals surface area contributed by atoms with Gasteiger partial charge in [0.1, 0.15) is 5.75 Å². The molecule has 1 aromatic carbocycles. The number of pyridine rings is 1. The van der Waals surface area contributed by atoms with Crippen molar-refractivity contribution in [1.29, 1.82) is 0 Å². The molecule has 0 saturated carbocycles. The minimum absolute atomic E-state index is 0.202. The van der Waals surface area contributed by atoms with Crippen LogP contribution in [0.3, 0.4) is 0 Å². The summed E-state index contributed by atoms with van der Waals surface area (Å²) in [5.41, 5.74) is 1.22. The van der Waals surface area contributed by atoms with Gasteiger partial charge in [0.25, 0.3) is 10.0 Å². The summed E-state index contributed by atoms with van der Waals surface area (Å²) in [6, 6.07) is 8.14. The molecule has 1 aromatic heterocycles. The Morgan fingerprint density at radius 1 is 1.29 bits per heavy atom. The molecule has 0 aliphatic carbocycles. The molecule has 112 valence electrons. The molecule has 0 aliphatic rings. The first kappa shape index (κ1) is 15.3. The number of rotatable bonds is 6. The molecule has 1 heterocycles. The molecule has 0 saturated heterocycles. The van der Waals surface area contributed by atoms with Crippen molar-refractivity contribution in [3.05, 3.63) is 48.3 Å². The lowest BCUT2D eigenvalue weighted by atomic mass is 10.2. The first-order valence-electron chi connectivity index (χ1n) is 6.69. The molecular formula is C15H18N2O3S. The van der Waals surface area contributed by atoms with Gasteiger partial charge in [-0.05, 0) is 49.2 Å². The average Bonchev–Trinajstić information content (AvgIpc) is 2.46. The summed E-state index contributed by atoms with van der Waals surface area (Å²) in [5, 5.41) is 0. The van der Waals surface area contributed by atoms with E-state index in [1.807, 2.05) is 13.8 Å². The Kier molecular flexibility index (Phi) is 4.80. The maximum absolute atomic E-state index is 12.3.